The van der Waals surface area contributed by atoms with E-state index in [2.05, 4.69) is 17.2 Å². The van der Waals surface area contributed by atoms with Crippen LogP contribution in [0.15, 0.2) is 36.5 Å². The van der Waals surface area contributed by atoms with Crippen molar-refractivity contribution in [2.45, 2.75) is 27.2 Å². The summed E-state index contributed by atoms with van der Waals surface area (Å²) in [5, 5.41) is 3.58. The molecule has 4 nitrogen and oxygen atoms in total. The summed E-state index contributed by atoms with van der Waals surface area (Å²) >= 11 is 5.95. The lowest BCUT2D eigenvalue weighted by atomic mass is 10.2. The number of carbonyl (C=O) groups is 1. The molecule has 0 bridgehead atoms. The minimum absolute atomic E-state index is 0.150. The molecule has 0 aliphatic carbocycles. The number of fused-ring (bicyclic) bond motifs is 1. The average Bonchev–Trinajstić information content (AvgIpc) is 2.86. The van der Waals surface area contributed by atoms with Crippen LogP contribution in [0.1, 0.15) is 34.2 Å². The highest BCUT2D eigenvalue weighted by Crippen LogP contribution is 2.21. The predicted molar refractivity (Wildman–Crippen MR) is 93.4 cm³/mol. The van der Waals surface area contributed by atoms with Crippen molar-refractivity contribution in [1.82, 2.24) is 9.38 Å². The SMILES string of the molecule is CCc1nc2ccc(C(=O)Nc3ccc(Cl)cc3C)cn2c1C. The van der Waals surface area contributed by atoms with E-state index in [1.54, 1.807) is 12.1 Å². The van der Waals surface area contributed by atoms with Gasteiger partial charge in [-0.05, 0) is 56.2 Å². The van der Waals surface area contributed by atoms with Crippen LogP contribution in [0.25, 0.3) is 5.65 Å². The fourth-order valence-corrected chi connectivity index (χ4v) is 2.87. The number of halogens is 1. The molecule has 0 saturated heterocycles. The van der Waals surface area contributed by atoms with E-state index >= 15 is 0 Å². The number of hydrogen-bond acceptors (Lipinski definition) is 2. The number of aromatic nitrogens is 2. The second-order valence-electron chi connectivity index (χ2n) is 5.56. The molecule has 0 atom stereocenters. The molecule has 5 heteroatoms. The summed E-state index contributed by atoms with van der Waals surface area (Å²) in [6.07, 6.45) is 2.70. The average molecular weight is 328 g/mol. The highest BCUT2D eigenvalue weighted by Gasteiger charge is 2.12. The zero-order valence-electron chi connectivity index (χ0n) is 13.4. The van der Waals surface area contributed by atoms with Crippen molar-refractivity contribution in [3.05, 3.63) is 64.1 Å². The molecule has 0 aliphatic rings. The van der Waals surface area contributed by atoms with Crippen LogP contribution in [0.4, 0.5) is 5.69 Å². The van der Waals surface area contributed by atoms with Gasteiger partial charge in [0.1, 0.15) is 5.65 Å². The van der Waals surface area contributed by atoms with Crippen LogP contribution in [0.3, 0.4) is 0 Å². The van der Waals surface area contributed by atoms with E-state index < -0.39 is 0 Å². The third-order valence-electron chi connectivity index (χ3n) is 3.99. The van der Waals surface area contributed by atoms with E-state index in [9.17, 15) is 4.79 Å². The number of amides is 1. The van der Waals surface area contributed by atoms with E-state index in [4.69, 9.17) is 11.6 Å². The maximum atomic E-state index is 12.5. The van der Waals surface area contributed by atoms with Crippen LogP contribution in [0.5, 0.6) is 0 Å². The summed E-state index contributed by atoms with van der Waals surface area (Å²) in [7, 11) is 0. The second-order valence-corrected chi connectivity index (χ2v) is 5.99. The van der Waals surface area contributed by atoms with Gasteiger partial charge in [-0.2, -0.15) is 0 Å². The van der Waals surface area contributed by atoms with Gasteiger partial charge < -0.3 is 9.72 Å². The molecule has 1 amide bonds. The Morgan fingerprint density at radius 3 is 2.74 bits per heavy atom. The smallest absolute Gasteiger partial charge is 0.257 e. The van der Waals surface area contributed by atoms with Gasteiger partial charge in [0.15, 0.2) is 0 Å². The van der Waals surface area contributed by atoms with Crippen LogP contribution in [-0.4, -0.2) is 15.3 Å². The van der Waals surface area contributed by atoms with Gasteiger partial charge in [0, 0.05) is 22.6 Å². The van der Waals surface area contributed by atoms with E-state index in [1.165, 1.54) is 0 Å². The van der Waals surface area contributed by atoms with Crippen molar-refractivity contribution < 1.29 is 4.79 Å². The first-order valence-electron chi connectivity index (χ1n) is 7.54. The fraction of sp³-hybridized carbons (Fsp3) is 0.222. The third-order valence-corrected chi connectivity index (χ3v) is 4.22. The van der Waals surface area contributed by atoms with Crippen LogP contribution in [0, 0.1) is 13.8 Å². The molecule has 3 rings (SSSR count). The first kappa shape index (κ1) is 15.6. The van der Waals surface area contributed by atoms with Crippen LogP contribution in [0.2, 0.25) is 5.02 Å². The van der Waals surface area contributed by atoms with Gasteiger partial charge in [0.05, 0.1) is 11.3 Å². The molecule has 1 N–H and O–H groups in total. The summed E-state index contributed by atoms with van der Waals surface area (Å²) in [5.74, 6) is -0.150. The summed E-state index contributed by atoms with van der Waals surface area (Å²) in [5.41, 5.74) is 5.26. The standard InChI is InChI=1S/C18H18ClN3O/c1-4-15-12(3)22-10-13(5-8-17(22)20-15)18(23)21-16-7-6-14(19)9-11(16)2/h5-10H,4H2,1-3H3,(H,21,23). The molecule has 0 aliphatic heterocycles. The lowest BCUT2D eigenvalue weighted by Gasteiger charge is -2.09. The highest BCUT2D eigenvalue weighted by molar-refractivity contribution is 6.30. The number of rotatable bonds is 3. The normalized spacial score (nSPS) is 11.0. The van der Waals surface area contributed by atoms with Crippen molar-refractivity contribution in [3.8, 4) is 0 Å². The third kappa shape index (κ3) is 2.94. The van der Waals surface area contributed by atoms with Crippen molar-refractivity contribution in [2.75, 3.05) is 5.32 Å². The Bertz CT molecular complexity index is 899. The Hall–Kier alpha value is -2.33. The van der Waals surface area contributed by atoms with E-state index in [1.807, 2.05) is 42.6 Å². The summed E-state index contributed by atoms with van der Waals surface area (Å²) in [6.45, 7) is 6.01. The molecule has 2 aromatic heterocycles. The lowest BCUT2D eigenvalue weighted by Crippen LogP contribution is -2.13. The lowest BCUT2D eigenvalue weighted by molar-refractivity contribution is 0.102. The van der Waals surface area contributed by atoms with Crippen LogP contribution < -0.4 is 5.32 Å². The number of hydrogen-bond donors (Lipinski definition) is 1. The fourth-order valence-electron chi connectivity index (χ4n) is 2.64. The second kappa shape index (κ2) is 6.05. The maximum absolute atomic E-state index is 12.5. The predicted octanol–water partition coefficient (Wildman–Crippen LogP) is 4.42. The molecule has 3 aromatic rings. The Balaban J connectivity index is 1.93. The molecule has 0 saturated carbocycles. The molecule has 1 aromatic carbocycles. The summed E-state index contributed by atoms with van der Waals surface area (Å²) in [4.78, 5) is 17.1. The molecule has 0 fully saturated rings. The molecule has 118 valence electrons. The Kier molecular flexibility index (Phi) is 4.09. The van der Waals surface area contributed by atoms with E-state index in [-0.39, 0.29) is 5.91 Å². The molecule has 0 spiro atoms. The van der Waals surface area contributed by atoms with E-state index in [0.717, 1.165) is 34.7 Å². The molecule has 0 radical (unpaired) electrons. The van der Waals surface area contributed by atoms with Gasteiger partial charge in [-0.1, -0.05) is 18.5 Å². The minimum atomic E-state index is -0.150. The molecule has 0 unspecified atom stereocenters. The van der Waals surface area contributed by atoms with Crippen LogP contribution >= 0.6 is 11.6 Å². The van der Waals surface area contributed by atoms with Gasteiger partial charge in [-0.3, -0.25) is 4.79 Å². The number of benzene rings is 1. The van der Waals surface area contributed by atoms with Crippen molar-refractivity contribution in [2.24, 2.45) is 0 Å². The molecular formula is C18H18ClN3O. The van der Waals surface area contributed by atoms with Crippen LogP contribution in [-0.2, 0) is 6.42 Å². The molecular weight excluding hydrogens is 310 g/mol. The first-order valence-corrected chi connectivity index (χ1v) is 7.92. The summed E-state index contributed by atoms with van der Waals surface area (Å²) < 4.78 is 1.96. The monoisotopic (exact) mass is 327 g/mol. The minimum Gasteiger partial charge on any atom is -0.322 e. The zero-order valence-corrected chi connectivity index (χ0v) is 14.1. The van der Waals surface area contributed by atoms with Gasteiger partial charge in [-0.15, -0.1) is 0 Å². The van der Waals surface area contributed by atoms with Crippen molar-refractivity contribution in [3.63, 3.8) is 0 Å². The van der Waals surface area contributed by atoms with Gasteiger partial charge >= 0.3 is 0 Å². The van der Waals surface area contributed by atoms with Gasteiger partial charge in [0.25, 0.3) is 5.91 Å². The van der Waals surface area contributed by atoms with Gasteiger partial charge in [0.2, 0.25) is 0 Å². The molecule has 2 heterocycles. The molecule has 23 heavy (non-hydrogen) atoms. The first-order chi connectivity index (χ1) is 11.0. The number of aryl methyl sites for hydroxylation is 3. The number of imidazole rings is 1. The largest absolute Gasteiger partial charge is 0.322 e. The Labute approximate surface area is 140 Å². The number of pyridine rings is 1. The maximum Gasteiger partial charge on any atom is 0.257 e. The quantitative estimate of drug-likeness (QED) is 0.774. The van der Waals surface area contributed by atoms with E-state index in [0.29, 0.717) is 10.6 Å². The Morgan fingerprint density at radius 2 is 2.04 bits per heavy atom. The highest BCUT2D eigenvalue weighted by atomic mass is 35.5. The van der Waals surface area contributed by atoms with Crippen molar-refractivity contribution in [1.29, 1.82) is 0 Å². The summed E-state index contributed by atoms with van der Waals surface area (Å²) in [6, 6.07) is 9.07. The zero-order chi connectivity index (χ0) is 16.6. The van der Waals surface area contributed by atoms with Crippen molar-refractivity contribution >= 4 is 28.8 Å². The topological polar surface area (TPSA) is 46.4 Å². The van der Waals surface area contributed by atoms with Gasteiger partial charge in [-0.25, -0.2) is 4.98 Å². The number of nitrogens with one attached hydrogen (secondary N) is 1. The number of nitrogens with zero attached hydrogens (tertiary/aromatic N) is 2. The number of anilines is 1. The number of carbonyl (C=O) groups excluding carboxylic acids is 1. The Morgan fingerprint density at radius 1 is 1.26 bits per heavy atom.